The number of aromatic hydroxyl groups is 1. The molecule has 1 amide bonds. The summed E-state index contributed by atoms with van der Waals surface area (Å²) in [4.78, 5) is 14.7. The molecule has 0 unspecified atom stereocenters. The van der Waals surface area contributed by atoms with E-state index in [0.717, 1.165) is 18.5 Å². The van der Waals surface area contributed by atoms with Gasteiger partial charge in [0.1, 0.15) is 5.75 Å². The van der Waals surface area contributed by atoms with E-state index >= 15 is 0 Å². The Bertz CT molecular complexity index is 480. The monoisotopic (exact) mass is 273 g/mol. The van der Waals surface area contributed by atoms with Crippen molar-refractivity contribution >= 4 is 5.91 Å². The molecule has 0 bridgehead atoms. The number of carbonyl (C=O) groups is 1. The molecular formula is C17H23NO2. The molecule has 1 aliphatic carbocycles. The number of carbonyl (C=O) groups excluding carboxylic acids is 1. The highest BCUT2D eigenvalue weighted by Crippen LogP contribution is 2.31. The molecule has 0 aromatic heterocycles. The van der Waals surface area contributed by atoms with Gasteiger partial charge in [-0.25, -0.2) is 0 Å². The molecule has 108 valence electrons. The summed E-state index contributed by atoms with van der Waals surface area (Å²) in [6, 6.07) is 7.85. The predicted molar refractivity (Wildman–Crippen MR) is 78.5 cm³/mol. The Morgan fingerprint density at radius 1 is 1.10 bits per heavy atom. The molecule has 1 N–H and O–H groups in total. The van der Waals surface area contributed by atoms with E-state index in [-0.39, 0.29) is 5.92 Å². The molecule has 2 aliphatic rings. The maximum Gasteiger partial charge on any atom is 0.226 e. The Balaban J connectivity index is 1.65. The van der Waals surface area contributed by atoms with Crippen LogP contribution >= 0.6 is 0 Å². The van der Waals surface area contributed by atoms with Crippen molar-refractivity contribution in [2.45, 2.75) is 51.0 Å². The van der Waals surface area contributed by atoms with Gasteiger partial charge in [0.25, 0.3) is 0 Å². The number of benzene rings is 1. The number of amides is 1. The third-order valence-corrected chi connectivity index (χ3v) is 4.82. The molecule has 1 heterocycles. The van der Waals surface area contributed by atoms with Crippen LogP contribution in [0.3, 0.4) is 0 Å². The summed E-state index contributed by atoms with van der Waals surface area (Å²) in [5.74, 6) is 0.682. The maximum absolute atomic E-state index is 12.6. The van der Waals surface area contributed by atoms with E-state index in [0.29, 0.717) is 24.1 Å². The first-order chi connectivity index (χ1) is 9.75. The lowest BCUT2D eigenvalue weighted by molar-refractivity contribution is -0.133. The van der Waals surface area contributed by atoms with Gasteiger partial charge in [-0.3, -0.25) is 4.79 Å². The van der Waals surface area contributed by atoms with Crippen molar-refractivity contribution in [1.29, 1.82) is 0 Å². The van der Waals surface area contributed by atoms with Gasteiger partial charge in [0.15, 0.2) is 0 Å². The molecule has 1 aliphatic heterocycles. The van der Waals surface area contributed by atoms with Crippen molar-refractivity contribution < 1.29 is 9.90 Å². The van der Waals surface area contributed by atoms with E-state index < -0.39 is 0 Å². The third kappa shape index (κ3) is 2.67. The summed E-state index contributed by atoms with van der Waals surface area (Å²) >= 11 is 0. The summed E-state index contributed by atoms with van der Waals surface area (Å²) in [6.07, 6.45) is 7.81. The molecule has 1 saturated heterocycles. The smallest absolute Gasteiger partial charge is 0.226 e. The molecule has 0 radical (unpaired) electrons. The fourth-order valence-corrected chi connectivity index (χ4v) is 3.66. The van der Waals surface area contributed by atoms with E-state index in [4.69, 9.17) is 0 Å². The van der Waals surface area contributed by atoms with Crippen LogP contribution in [0.4, 0.5) is 0 Å². The van der Waals surface area contributed by atoms with Gasteiger partial charge in [0.05, 0.1) is 0 Å². The Morgan fingerprint density at radius 3 is 2.60 bits per heavy atom. The van der Waals surface area contributed by atoms with Crippen molar-refractivity contribution in [3.8, 4) is 5.75 Å². The molecule has 3 nitrogen and oxygen atoms in total. The van der Waals surface area contributed by atoms with Crippen molar-refractivity contribution in [3.05, 3.63) is 29.8 Å². The summed E-state index contributed by atoms with van der Waals surface area (Å²) in [6.45, 7) is 0.905. The van der Waals surface area contributed by atoms with Crippen LogP contribution in [0.15, 0.2) is 24.3 Å². The lowest BCUT2D eigenvalue weighted by Crippen LogP contribution is -2.39. The largest absolute Gasteiger partial charge is 0.508 e. The number of para-hydroxylation sites is 1. The summed E-state index contributed by atoms with van der Waals surface area (Å²) in [7, 11) is 0. The molecule has 2 fully saturated rings. The van der Waals surface area contributed by atoms with Crippen molar-refractivity contribution in [1.82, 2.24) is 4.90 Å². The van der Waals surface area contributed by atoms with E-state index in [1.54, 1.807) is 6.07 Å². The van der Waals surface area contributed by atoms with Crippen molar-refractivity contribution in [2.24, 2.45) is 5.92 Å². The number of rotatable bonds is 3. The summed E-state index contributed by atoms with van der Waals surface area (Å²) in [5, 5.41) is 9.85. The number of phenols is 1. The van der Waals surface area contributed by atoms with Crippen LogP contribution in [-0.4, -0.2) is 28.5 Å². The first-order valence-electron chi connectivity index (χ1n) is 7.83. The van der Waals surface area contributed by atoms with Gasteiger partial charge in [-0.1, -0.05) is 37.5 Å². The number of likely N-dealkylation sites (tertiary alicyclic amines) is 1. The minimum atomic E-state index is 0.0604. The highest BCUT2D eigenvalue weighted by molar-refractivity contribution is 5.81. The highest BCUT2D eigenvalue weighted by atomic mass is 16.3. The SMILES string of the molecule is O=C1[C@H](Cc2ccccc2O)CCN1C1CCCCC1. The quantitative estimate of drug-likeness (QED) is 0.919. The van der Waals surface area contributed by atoms with Crippen LogP contribution < -0.4 is 0 Å². The second-order valence-electron chi connectivity index (χ2n) is 6.14. The summed E-state index contributed by atoms with van der Waals surface area (Å²) < 4.78 is 0. The van der Waals surface area contributed by atoms with Crippen LogP contribution in [0.5, 0.6) is 5.75 Å². The lowest BCUT2D eigenvalue weighted by atomic mass is 9.94. The minimum absolute atomic E-state index is 0.0604. The fourth-order valence-electron chi connectivity index (χ4n) is 3.66. The molecule has 20 heavy (non-hydrogen) atoms. The predicted octanol–water partition coefficient (Wildman–Crippen LogP) is 3.12. The average molecular weight is 273 g/mol. The second kappa shape index (κ2) is 5.86. The molecule has 3 heteroatoms. The van der Waals surface area contributed by atoms with Gasteiger partial charge in [0, 0.05) is 18.5 Å². The summed E-state index contributed by atoms with van der Waals surface area (Å²) in [5.41, 5.74) is 0.899. The Hall–Kier alpha value is -1.51. The third-order valence-electron chi connectivity index (χ3n) is 4.82. The zero-order valence-electron chi connectivity index (χ0n) is 11.9. The topological polar surface area (TPSA) is 40.5 Å². The number of hydrogen-bond acceptors (Lipinski definition) is 2. The van der Waals surface area contributed by atoms with Gasteiger partial charge in [-0.15, -0.1) is 0 Å². The van der Waals surface area contributed by atoms with Crippen LogP contribution in [0.1, 0.15) is 44.1 Å². The van der Waals surface area contributed by atoms with Gasteiger partial charge in [-0.2, -0.15) is 0 Å². The zero-order valence-corrected chi connectivity index (χ0v) is 11.9. The van der Waals surface area contributed by atoms with E-state index in [9.17, 15) is 9.90 Å². The maximum atomic E-state index is 12.6. The van der Waals surface area contributed by atoms with Gasteiger partial charge < -0.3 is 10.0 Å². The molecule has 0 spiro atoms. The molecule has 1 aromatic carbocycles. The van der Waals surface area contributed by atoms with Crippen LogP contribution in [-0.2, 0) is 11.2 Å². The number of hydrogen-bond donors (Lipinski definition) is 1. The average Bonchev–Trinajstić information content (AvgIpc) is 2.84. The number of nitrogens with zero attached hydrogens (tertiary/aromatic N) is 1. The first kappa shape index (κ1) is 13.5. The van der Waals surface area contributed by atoms with Crippen LogP contribution in [0, 0.1) is 5.92 Å². The molecule has 3 rings (SSSR count). The standard InChI is InChI=1S/C17H23NO2/c19-16-9-5-4-6-13(16)12-14-10-11-18(17(14)20)15-7-2-1-3-8-15/h4-6,9,14-15,19H,1-3,7-8,10-12H2/t14-/m0/s1. The minimum Gasteiger partial charge on any atom is -0.508 e. The lowest BCUT2D eigenvalue weighted by Gasteiger charge is -2.31. The van der Waals surface area contributed by atoms with Crippen LogP contribution in [0.25, 0.3) is 0 Å². The highest BCUT2D eigenvalue weighted by Gasteiger charge is 2.36. The van der Waals surface area contributed by atoms with Crippen molar-refractivity contribution in [3.63, 3.8) is 0 Å². The number of phenolic OH excluding ortho intramolecular Hbond substituents is 1. The van der Waals surface area contributed by atoms with Gasteiger partial charge in [-0.05, 0) is 37.3 Å². The van der Waals surface area contributed by atoms with Crippen LogP contribution in [0.2, 0.25) is 0 Å². The zero-order chi connectivity index (χ0) is 13.9. The van der Waals surface area contributed by atoms with Crippen molar-refractivity contribution in [2.75, 3.05) is 6.54 Å². The van der Waals surface area contributed by atoms with Gasteiger partial charge in [0.2, 0.25) is 5.91 Å². The second-order valence-corrected chi connectivity index (χ2v) is 6.14. The normalized spacial score (nSPS) is 24.3. The molecule has 1 aromatic rings. The Kier molecular flexibility index (Phi) is 3.95. The molecule has 1 atom stereocenters. The van der Waals surface area contributed by atoms with E-state index in [2.05, 4.69) is 4.90 Å². The molecule has 1 saturated carbocycles. The Labute approximate surface area is 120 Å². The van der Waals surface area contributed by atoms with Gasteiger partial charge >= 0.3 is 0 Å². The van der Waals surface area contributed by atoms with E-state index in [1.165, 1.54) is 32.1 Å². The Morgan fingerprint density at radius 2 is 1.85 bits per heavy atom. The molecular weight excluding hydrogens is 250 g/mol. The first-order valence-corrected chi connectivity index (χ1v) is 7.83. The van der Waals surface area contributed by atoms with E-state index in [1.807, 2.05) is 18.2 Å². The fraction of sp³-hybridized carbons (Fsp3) is 0.588.